The van der Waals surface area contributed by atoms with Gasteiger partial charge in [0, 0.05) is 15.8 Å². The molecule has 0 aliphatic carbocycles. The molecule has 4 heteroatoms. The normalized spacial score (nSPS) is 12.2. The number of aliphatic hydroxyl groups is 1. The summed E-state index contributed by atoms with van der Waals surface area (Å²) in [7, 11) is 0. The third kappa shape index (κ3) is 2.80. The number of hydrogen-bond acceptors (Lipinski definition) is 3. The second-order valence-electron chi connectivity index (χ2n) is 4.86. The van der Waals surface area contributed by atoms with Crippen LogP contribution in [0.2, 0.25) is 0 Å². The molecule has 0 aliphatic rings. The second kappa shape index (κ2) is 5.65. The molecule has 1 unspecified atom stereocenters. The number of hydrogen-bond donors (Lipinski definition) is 2. The first-order chi connectivity index (χ1) is 10.2. The van der Waals surface area contributed by atoms with E-state index in [9.17, 15) is 5.11 Å². The molecular weight excluding hydrogens is 280 g/mol. The van der Waals surface area contributed by atoms with Crippen molar-refractivity contribution in [2.75, 3.05) is 0 Å². The Balaban J connectivity index is 2.01. The van der Waals surface area contributed by atoms with Gasteiger partial charge in [-0.05, 0) is 36.8 Å². The van der Waals surface area contributed by atoms with Gasteiger partial charge in [0.25, 0.3) is 0 Å². The van der Waals surface area contributed by atoms with Gasteiger partial charge < -0.3 is 10.1 Å². The van der Waals surface area contributed by atoms with E-state index >= 15 is 0 Å². The molecule has 21 heavy (non-hydrogen) atoms. The highest BCUT2D eigenvalue weighted by Gasteiger charge is 2.11. The number of nitrogens with one attached hydrogen (secondary N) is 1. The van der Waals surface area contributed by atoms with Gasteiger partial charge in [0.15, 0.2) is 0 Å². The van der Waals surface area contributed by atoms with Gasteiger partial charge >= 0.3 is 0 Å². The number of rotatable bonds is 3. The Kier molecular flexibility index (Phi) is 3.70. The number of nitrogens with zero attached hydrogens (tertiary/aromatic N) is 1. The minimum absolute atomic E-state index is 0.565. The zero-order chi connectivity index (χ0) is 14.8. The van der Waals surface area contributed by atoms with Gasteiger partial charge in [0.2, 0.25) is 0 Å². The van der Waals surface area contributed by atoms with Crippen molar-refractivity contribution >= 4 is 22.7 Å². The topological polar surface area (TPSA) is 59.8 Å². The van der Waals surface area contributed by atoms with Crippen LogP contribution in [0.1, 0.15) is 24.2 Å². The van der Waals surface area contributed by atoms with Gasteiger partial charge in [-0.1, -0.05) is 36.0 Å². The van der Waals surface area contributed by atoms with E-state index in [1.54, 1.807) is 13.0 Å². The molecule has 0 bridgehead atoms. The van der Waals surface area contributed by atoms with Crippen molar-refractivity contribution in [2.45, 2.75) is 22.9 Å². The molecule has 0 saturated heterocycles. The van der Waals surface area contributed by atoms with E-state index < -0.39 is 6.10 Å². The Labute approximate surface area is 127 Å². The van der Waals surface area contributed by atoms with Gasteiger partial charge in [-0.2, -0.15) is 5.26 Å². The van der Waals surface area contributed by atoms with Gasteiger partial charge in [-0.25, -0.2) is 0 Å². The van der Waals surface area contributed by atoms with Crippen molar-refractivity contribution in [1.82, 2.24) is 4.98 Å². The first-order valence-corrected chi connectivity index (χ1v) is 7.47. The first kappa shape index (κ1) is 13.7. The molecule has 0 amide bonds. The number of H-pyrrole nitrogens is 1. The van der Waals surface area contributed by atoms with Crippen molar-refractivity contribution in [3.05, 3.63) is 59.7 Å². The summed E-state index contributed by atoms with van der Waals surface area (Å²) in [4.78, 5) is 4.24. The third-order valence-corrected chi connectivity index (χ3v) is 4.33. The smallest absolute Gasteiger partial charge is 0.0992 e. The quantitative estimate of drug-likeness (QED) is 0.759. The summed E-state index contributed by atoms with van der Waals surface area (Å²) in [5, 5.41) is 21.1. The molecule has 0 radical (unpaired) electrons. The van der Waals surface area contributed by atoms with Crippen LogP contribution in [-0.4, -0.2) is 10.1 Å². The summed E-state index contributed by atoms with van der Waals surface area (Å²) >= 11 is 1.53. The zero-order valence-electron chi connectivity index (χ0n) is 11.5. The lowest BCUT2D eigenvalue weighted by Crippen LogP contribution is -1.94. The summed E-state index contributed by atoms with van der Waals surface area (Å²) < 4.78 is 0. The highest BCUT2D eigenvalue weighted by molar-refractivity contribution is 7.99. The molecule has 1 aromatic heterocycles. The van der Waals surface area contributed by atoms with E-state index in [-0.39, 0.29) is 0 Å². The lowest BCUT2D eigenvalue weighted by atomic mass is 10.1. The summed E-state index contributed by atoms with van der Waals surface area (Å²) in [6.45, 7) is 1.73. The lowest BCUT2D eigenvalue weighted by molar-refractivity contribution is 0.196. The molecule has 0 aliphatic heterocycles. The number of benzene rings is 2. The average Bonchev–Trinajstić information content (AvgIpc) is 2.89. The number of aromatic nitrogens is 1. The molecule has 3 nitrogen and oxygen atoms in total. The highest BCUT2D eigenvalue weighted by Crippen LogP contribution is 2.35. The van der Waals surface area contributed by atoms with Crippen molar-refractivity contribution in [3.8, 4) is 6.07 Å². The van der Waals surface area contributed by atoms with Crippen LogP contribution in [0.15, 0.2) is 58.5 Å². The number of aromatic amines is 1. The minimum Gasteiger partial charge on any atom is -0.389 e. The molecule has 3 aromatic rings. The summed E-state index contributed by atoms with van der Waals surface area (Å²) in [6, 6.07) is 17.7. The van der Waals surface area contributed by atoms with Crippen molar-refractivity contribution in [3.63, 3.8) is 0 Å². The van der Waals surface area contributed by atoms with Gasteiger partial charge in [-0.15, -0.1) is 0 Å². The van der Waals surface area contributed by atoms with Gasteiger partial charge in [0.05, 0.1) is 22.8 Å². The number of para-hydroxylation sites is 1. The van der Waals surface area contributed by atoms with Gasteiger partial charge in [0.1, 0.15) is 0 Å². The molecule has 2 N–H and O–H groups in total. The Morgan fingerprint density at radius 2 is 2.00 bits per heavy atom. The summed E-state index contributed by atoms with van der Waals surface area (Å²) in [6.07, 6.45) is -0.565. The van der Waals surface area contributed by atoms with E-state index in [2.05, 4.69) is 23.2 Å². The van der Waals surface area contributed by atoms with Crippen molar-refractivity contribution < 1.29 is 5.11 Å². The molecule has 2 aromatic carbocycles. The van der Waals surface area contributed by atoms with Crippen LogP contribution in [0.25, 0.3) is 10.9 Å². The second-order valence-corrected chi connectivity index (χ2v) is 5.95. The number of nitriles is 1. The summed E-state index contributed by atoms with van der Waals surface area (Å²) in [5.74, 6) is 0. The number of fused-ring (bicyclic) bond motifs is 1. The molecule has 3 rings (SSSR count). The molecular formula is C17H14N2OS. The largest absolute Gasteiger partial charge is 0.389 e. The van der Waals surface area contributed by atoms with E-state index in [1.807, 2.05) is 30.3 Å². The molecule has 1 atom stereocenters. The van der Waals surface area contributed by atoms with Crippen LogP contribution in [0, 0.1) is 11.3 Å². The van der Waals surface area contributed by atoms with E-state index in [1.165, 1.54) is 11.8 Å². The Morgan fingerprint density at radius 3 is 2.71 bits per heavy atom. The zero-order valence-corrected chi connectivity index (χ0v) is 12.3. The summed E-state index contributed by atoms with van der Waals surface area (Å²) in [5.41, 5.74) is 2.51. The lowest BCUT2D eigenvalue weighted by Gasteiger charge is -2.11. The predicted molar refractivity (Wildman–Crippen MR) is 84.2 cm³/mol. The Bertz CT molecular complexity index is 797. The van der Waals surface area contributed by atoms with Crippen molar-refractivity contribution in [2.24, 2.45) is 0 Å². The molecule has 0 saturated carbocycles. The van der Waals surface area contributed by atoms with Crippen LogP contribution in [0.4, 0.5) is 0 Å². The maximum Gasteiger partial charge on any atom is 0.0992 e. The maximum absolute atomic E-state index is 9.88. The maximum atomic E-state index is 9.88. The van der Waals surface area contributed by atoms with Crippen molar-refractivity contribution in [1.29, 1.82) is 5.26 Å². The fourth-order valence-electron chi connectivity index (χ4n) is 2.26. The monoisotopic (exact) mass is 294 g/mol. The molecule has 104 valence electrons. The predicted octanol–water partition coefficient (Wildman–Crippen LogP) is 4.24. The SMILES string of the molecule is CC(O)c1ccc(C#N)cc1Sc1cc2ccccc2[nH]1. The third-order valence-electron chi connectivity index (χ3n) is 3.32. The minimum atomic E-state index is -0.565. The van der Waals surface area contributed by atoms with E-state index in [0.29, 0.717) is 5.56 Å². The fraction of sp³-hybridized carbons (Fsp3) is 0.118. The fourth-order valence-corrected chi connectivity index (χ4v) is 3.38. The van der Waals surface area contributed by atoms with Crippen LogP contribution in [0.5, 0.6) is 0 Å². The van der Waals surface area contributed by atoms with E-state index in [4.69, 9.17) is 5.26 Å². The standard InChI is InChI=1S/C17H14N2OS/c1-11(20)14-7-6-12(10-18)8-16(14)21-17-9-13-4-2-3-5-15(13)19-17/h2-9,11,19-20H,1H3. The van der Waals surface area contributed by atoms with Crippen LogP contribution >= 0.6 is 11.8 Å². The highest BCUT2D eigenvalue weighted by atomic mass is 32.2. The van der Waals surface area contributed by atoms with Gasteiger partial charge in [-0.3, -0.25) is 0 Å². The average molecular weight is 294 g/mol. The molecule has 1 heterocycles. The Hall–Kier alpha value is -2.22. The van der Waals surface area contributed by atoms with E-state index in [0.717, 1.165) is 26.4 Å². The van der Waals surface area contributed by atoms with Crippen LogP contribution < -0.4 is 0 Å². The number of aliphatic hydroxyl groups excluding tert-OH is 1. The molecule has 0 spiro atoms. The Morgan fingerprint density at radius 1 is 1.19 bits per heavy atom. The molecule has 0 fully saturated rings. The first-order valence-electron chi connectivity index (χ1n) is 6.65. The van der Waals surface area contributed by atoms with Crippen LogP contribution in [-0.2, 0) is 0 Å². The van der Waals surface area contributed by atoms with Crippen LogP contribution in [0.3, 0.4) is 0 Å².